The van der Waals surface area contributed by atoms with E-state index in [4.69, 9.17) is 27.6 Å². The van der Waals surface area contributed by atoms with Crippen molar-refractivity contribution in [3.8, 4) is 0 Å². The molecule has 0 radical (unpaired) electrons. The summed E-state index contributed by atoms with van der Waals surface area (Å²) in [5.74, 6) is -1.95. The maximum Gasteiger partial charge on any atom is 0.433 e. The Kier molecular flexibility index (Phi) is 8.61. The van der Waals surface area contributed by atoms with Crippen molar-refractivity contribution in [2.24, 2.45) is 5.10 Å². The number of amides is 4. The van der Waals surface area contributed by atoms with Crippen LogP contribution in [0, 0.1) is 10.1 Å². The summed E-state index contributed by atoms with van der Waals surface area (Å²) in [5, 5.41) is 29.2. The van der Waals surface area contributed by atoms with E-state index >= 15 is 0 Å². The molecule has 1 aromatic heterocycles. The van der Waals surface area contributed by atoms with Crippen molar-refractivity contribution in [1.29, 1.82) is 0 Å². The molecule has 1 aliphatic heterocycles. The second-order valence-corrected chi connectivity index (χ2v) is 10.4. The van der Waals surface area contributed by atoms with E-state index in [1.807, 2.05) is 0 Å². The molecule has 0 aliphatic carbocycles. The quantitative estimate of drug-likeness (QED) is 0.188. The van der Waals surface area contributed by atoms with Crippen molar-refractivity contribution in [2.45, 2.75) is 31.5 Å². The third-order valence-electron chi connectivity index (χ3n) is 6.39. The highest BCUT2D eigenvalue weighted by molar-refractivity contribution is 6.31. The van der Waals surface area contributed by atoms with E-state index in [-0.39, 0.29) is 5.76 Å². The van der Waals surface area contributed by atoms with Gasteiger partial charge in [-0.3, -0.25) is 24.6 Å². The van der Waals surface area contributed by atoms with Crippen molar-refractivity contribution in [3.05, 3.63) is 86.6 Å². The fourth-order valence-electron chi connectivity index (χ4n) is 4.39. The highest BCUT2D eigenvalue weighted by Crippen LogP contribution is 2.38. The minimum absolute atomic E-state index is 0.0263. The molecule has 1 aliphatic rings. The number of nitro groups is 1. The molecule has 2 atom stereocenters. The zero-order chi connectivity index (χ0) is 29.9. The third kappa shape index (κ3) is 6.48. The number of rotatable bonds is 9. The average Bonchev–Trinajstić information content (AvgIpc) is 3.47. The predicted molar refractivity (Wildman–Crippen MR) is 151 cm³/mol. The van der Waals surface area contributed by atoms with Crippen LogP contribution in [0.4, 0.5) is 22.1 Å². The van der Waals surface area contributed by atoms with Crippen molar-refractivity contribution in [2.75, 3.05) is 16.8 Å². The van der Waals surface area contributed by atoms with E-state index in [2.05, 4.69) is 15.8 Å². The van der Waals surface area contributed by atoms with Gasteiger partial charge in [0.05, 0.1) is 23.9 Å². The van der Waals surface area contributed by atoms with Gasteiger partial charge in [0, 0.05) is 21.4 Å². The number of nitrogens with zero attached hydrogens (tertiary/aromatic N) is 4. The minimum Gasteiger partial charge on any atom is -0.400 e. The Morgan fingerprint density at radius 3 is 2.32 bits per heavy atom. The number of benzene rings is 2. The van der Waals surface area contributed by atoms with Gasteiger partial charge in [-0.1, -0.05) is 23.2 Å². The van der Waals surface area contributed by atoms with Crippen molar-refractivity contribution in [1.82, 2.24) is 10.3 Å². The van der Waals surface area contributed by atoms with Crippen LogP contribution < -0.4 is 15.6 Å². The average molecular weight is 603 g/mol. The van der Waals surface area contributed by atoms with E-state index in [0.29, 0.717) is 21.4 Å². The number of halogens is 2. The molecule has 4 rings (SSSR count). The number of anilines is 2. The number of carbonyl (C=O) groups is 3. The van der Waals surface area contributed by atoms with E-state index in [9.17, 15) is 29.6 Å². The second kappa shape index (κ2) is 12.0. The lowest BCUT2D eigenvalue weighted by Gasteiger charge is -2.36. The number of aliphatic hydroxyl groups is 1. The Morgan fingerprint density at radius 1 is 1.12 bits per heavy atom. The van der Waals surface area contributed by atoms with Gasteiger partial charge in [0.2, 0.25) is 0 Å². The fraction of sp³-hybridized carbons (Fsp3) is 0.231. The molecule has 4 amide bonds. The molecule has 0 saturated carbocycles. The van der Waals surface area contributed by atoms with Crippen LogP contribution >= 0.6 is 23.2 Å². The Hall–Kier alpha value is -4.46. The Balaban J connectivity index is 1.56. The maximum absolute atomic E-state index is 13.7. The van der Waals surface area contributed by atoms with E-state index < -0.39 is 52.9 Å². The first-order valence-electron chi connectivity index (χ1n) is 12.1. The largest absolute Gasteiger partial charge is 0.433 e. The van der Waals surface area contributed by atoms with Gasteiger partial charge in [0.1, 0.15) is 11.5 Å². The van der Waals surface area contributed by atoms with Crippen LogP contribution in [0.1, 0.15) is 19.6 Å². The van der Waals surface area contributed by atoms with Gasteiger partial charge in [-0.25, -0.2) is 10.2 Å². The van der Waals surface area contributed by atoms with Crippen molar-refractivity contribution < 1.29 is 28.8 Å². The summed E-state index contributed by atoms with van der Waals surface area (Å²) in [6, 6.07) is 13.1. The molecule has 2 heterocycles. The number of furan rings is 1. The highest BCUT2D eigenvalue weighted by atomic mass is 35.5. The minimum atomic E-state index is -1.72. The van der Waals surface area contributed by atoms with Crippen LogP contribution in [-0.2, 0) is 9.59 Å². The lowest BCUT2D eigenvalue weighted by atomic mass is 9.89. The van der Waals surface area contributed by atoms with Crippen LogP contribution in [0.15, 0.2) is 70.2 Å². The molecule has 0 bridgehead atoms. The summed E-state index contributed by atoms with van der Waals surface area (Å²) in [5.41, 5.74) is 1.71. The van der Waals surface area contributed by atoms with Crippen LogP contribution in [0.25, 0.3) is 0 Å². The molecule has 214 valence electrons. The molecule has 15 heteroatoms. The van der Waals surface area contributed by atoms with E-state index in [0.717, 1.165) is 12.3 Å². The molecule has 13 nitrogen and oxygen atoms in total. The number of aliphatic hydroxyl groups excluding tert-OH is 1. The molecule has 1 fully saturated rings. The molecule has 2 unspecified atom stereocenters. The molecule has 2 aromatic carbocycles. The van der Waals surface area contributed by atoms with Crippen LogP contribution in [0.3, 0.4) is 0 Å². The van der Waals surface area contributed by atoms with Gasteiger partial charge in [0.15, 0.2) is 11.9 Å². The number of carbonyl (C=O) groups excluding carboxylic acids is 3. The second-order valence-electron chi connectivity index (χ2n) is 9.48. The molecular formula is C26H24Cl2N6O7. The topological polar surface area (TPSA) is 171 Å². The molecule has 41 heavy (non-hydrogen) atoms. The molecular weight excluding hydrogens is 579 g/mol. The Bertz CT molecular complexity index is 1490. The summed E-state index contributed by atoms with van der Waals surface area (Å²) < 4.78 is 4.94. The first-order chi connectivity index (χ1) is 19.4. The number of nitrogens with one attached hydrogen (secondary N) is 2. The fourth-order valence-corrected chi connectivity index (χ4v) is 4.64. The van der Waals surface area contributed by atoms with E-state index in [1.165, 1.54) is 15.9 Å². The van der Waals surface area contributed by atoms with Crippen molar-refractivity contribution in [3.63, 3.8) is 0 Å². The lowest BCUT2D eigenvalue weighted by molar-refractivity contribution is -0.402. The zero-order valence-corrected chi connectivity index (χ0v) is 23.2. The van der Waals surface area contributed by atoms with Gasteiger partial charge < -0.3 is 19.7 Å². The summed E-state index contributed by atoms with van der Waals surface area (Å²) in [6.07, 6.45) is -0.656. The van der Waals surface area contributed by atoms with Crippen LogP contribution in [-0.4, -0.2) is 63.2 Å². The molecule has 3 N–H and O–H groups in total. The first kappa shape index (κ1) is 29.5. The molecule has 1 saturated heterocycles. The Morgan fingerprint density at radius 2 is 1.73 bits per heavy atom. The molecule has 3 aromatic rings. The molecule has 0 spiro atoms. The zero-order valence-electron chi connectivity index (χ0n) is 21.7. The van der Waals surface area contributed by atoms with Gasteiger partial charge in [-0.15, -0.1) is 0 Å². The summed E-state index contributed by atoms with van der Waals surface area (Å²) in [4.78, 5) is 52.1. The van der Waals surface area contributed by atoms with E-state index in [1.54, 1.807) is 62.4 Å². The van der Waals surface area contributed by atoms with Gasteiger partial charge in [-0.05, 0) is 68.4 Å². The highest BCUT2D eigenvalue weighted by Gasteiger charge is 2.56. The predicted octanol–water partition coefficient (Wildman–Crippen LogP) is 4.03. The van der Waals surface area contributed by atoms with Gasteiger partial charge in [-0.2, -0.15) is 5.10 Å². The monoisotopic (exact) mass is 602 g/mol. The standard InChI is InChI=1S/C26H24Cl2N6O7/c1-26(2)23(22(36)24(37)30-17-7-3-15(27)4-8-17)33(18-9-5-16(28)6-10-18)25(38)32(26)14-20(35)31-29-13-19-11-12-21(41-19)34(39)40/h3-13,22-23,36H,14H2,1-2H3,(H,30,37)(H,31,35). The number of hydrogen-bond acceptors (Lipinski definition) is 8. The van der Waals surface area contributed by atoms with Gasteiger partial charge >= 0.3 is 11.9 Å². The maximum atomic E-state index is 13.7. The SMILES string of the molecule is CC1(C)C(C(O)C(=O)Nc2ccc(Cl)cc2)N(c2ccc(Cl)cc2)C(=O)N1CC(=O)NN=Cc1ccc([N+](=O)[O-])o1. The number of hydrazone groups is 1. The third-order valence-corrected chi connectivity index (χ3v) is 6.90. The summed E-state index contributed by atoms with van der Waals surface area (Å²) in [6.45, 7) is 2.74. The number of urea groups is 1. The summed E-state index contributed by atoms with van der Waals surface area (Å²) in [7, 11) is 0. The smallest absolute Gasteiger partial charge is 0.400 e. The lowest BCUT2D eigenvalue weighted by Crippen LogP contribution is -2.57. The van der Waals surface area contributed by atoms with Crippen molar-refractivity contribution >= 4 is 64.5 Å². The number of hydrogen-bond donors (Lipinski definition) is 3. The van der Waals surface area contributed by atoms with Gasteiger partial charge in [0.25, 0.3) is 11.8 Å². The first-order valence-corrected chi connectivity index (χ1v) is 12.8. The normalized spacial score (nSPS) is 17.1. The van der Waals surface area contributed by atoms with Crippen LogP contribution in [0.5, 0.6) is 0 Å². The summed E-state index contributed by atoms with van der Waals surface area (Å²) >= 11 is 11.9. The Labute approximate surface area is 243 Å². The van der Waals surface area contributed by atoms with Crippen LogP contribution in [0.2, 0.25) is 10.0 Å².